The minimum Gasteiger partial charge on any atom is -0.460 e. The Bertz CT molecular complexity index is 714. The summed E-state index contributed by atoms with van der Waals surface area (Å²) < 4.78 is 12.7. The largest absolute Gasteiger partial charge is 0.460 e. The highest BCUT2D eigenvalue weighted by Gasteiger charge is 2.15. The van der Waals surface area contributed by atoms with Gasteiger partial charge in [0, 0.05) is 18.3 Å². The van der Waals surface area contributed by atoms with Crippen molar-refractivity contribution in [3.63, 3.8) is 0 Å². The molecule has 0 saturated heterocycles. The molecule has 0 aliphatic carbocycles. The monoisotopic (exact) mass is 344 g/mol. The van der Waals surface area contributed by atoms with Crippen molar-refractivity contribution in [3.05, 3.63) is 41.7 Å². The van der Waals surface area contributed by atoms with Crippen LogP contribution in [0, 0.1) is 6.92 Å². The second kappa shape index (κ2) is 8.30. The van der Waals surface area contributed by atoms with Gasteiger partial charge in [0.15, 0.2) is 0 Å². The standard InChI is InChI=1S/C20H28N2O3/c1-15-18(14-21-22(15)5)17-8-6-7-16(13-17)9-11-24-12-10-19(23)25-20(2,3)4/h6-8,13-14H,9-12H2,1-5H3. The fourth-order valence-electron chi connectivity index (χ4n) is 2.52. The van der Waals surface area contributed by atoms with Crippen LogP contribution in [0.1, 0.15) is 38.4 Å². The average Bonchev–Trinajstić information content (AvgIpc) is 2.85. The molecule has 0 atom stereocenters. The summed E-state index contributed by atoms with van der Waals surface area (Å²) in [5.41, 5.74) is 4.22. The third-order valence-electron chi connectivity index (χ3n) is 3.88. The molecular weight excluding hydrogens is 316 g/mol. The first kappa shape index (κ1) is 19.2. The molecule has 2 rings (SSSR count). The Labute approximate surface area is 149 Å². The molecule has 1 aromatic heterocycles. The molecular formula is C20H28N2O3. The van der Waals surface area contributed by atoms with Gasteiger partial charge in [-0.3, -0.25) is 9.48 Å². The number of carbonyl (C=O) groups excluding carboxylic acids is 1. The lowest BCUT2D eigenvalue weighted by atomic mass is 10.0. The molecule has 0 unspecified atom stereocenters. The summed E-state index contributed by atoms with van der Waals surface area (Å²) in [4.78, 5) is 11.6. The predicted molar refractivity (Wildman–Crippen MR) is 98.4 cm³/mol. The number of ether oxygens (including phenoxy) is 2. The zero-order chi connectivity index (χ0) is 18.4. The smallest absolute Gasteiger partial charge is 0.308 e. The van der Waals surface area contributed by atoms with Crippen LogP contribution in [0.25, 0.3) is 11.1 Å². The summed E-state index contributed by atoms with van der Waals surface area (Å²) in [6, 6.07) is 8.41. The molecule has 5 heteroatoms. The molecule has 0 saturated carbocycles. The lowest BCUT2D eigenvalue weighted by molar-refractivity contribution is -0.156. The maximum absolute atomic E-state index is 11.6. The molecule has 0 bridgehead atoms. The lowest BCUT2D eigenvalue weighted by Gasteiger charge is -2.19. The van der Waals surface area contributed by atoms with E-state index in [1.807, 2.05) is 38.7 Å². The van der Waals surface area contributed by atoms with Crippen LogP contribution in [0.2, 0.25) is 0 Å². The molecule has 5 nitrogen and oxygen atoms in total. The molecule has 0 aliphatic heterocycles. The Morgan fingerprint density at radius 2 is 2.00 bits per heavy atom. The van der Waals surface area contributed by atoms with Crippen LogP contribution in [0.5, 0.6) is 0 Å². The van der Waals surface area contributed by atoms with Crippen molar-refractivity contribution in [3.8, 4) is 11.1 Å². The number of aromatic nitrogens is 2. The summed E-state index contributed by atoms with van der Waals surface area (Å²) in [7, 11) is 1.95. The van der Waals surface area contributed by atoms with E-state index in [1.165, 1.54) is 5.56 Å². The number of aryl methyl sites for hydroxylation is 1. The van der Waals surface area contributed by atoms with Gasteiger partial charge >= 0.3 is 5.97 Å². The highest BCUT2D eigenvalue weighted by molar-refractivity contribution is 5.69. The maximum Gasteiger partial charge on any atom is 0.308 e. The number of carbonyl (C=O) groups is 1. The minimum absolute atomic E-state index is 0.221. The van der Waals surface area contributed by atoms with Crippen molar-refractivity contribution in [1.82, 2.24) is 9.78 Å². The van der Waals surface area contributed by atoms with Gasteiger partial charge < -0.3 is 9.47 Å². The van der Waals surface area contributed by atoms with Crippen molar-refractivity contribution in [2.45, 2.75) is 46.1 Å². The third kappa shape index (κ3) is 6.02. The molecule has 2 aromatic rings. The van der Waals surface area contributed by atoms with Gasteiger partial charge in [-0.05, 0) is 45.2 Å². The molecule has 0 amide bonds. The maximum atomic E-state index is 11.6. The third-order valence-corrected chi connectivity index (χ3v) is 3.88. The van der Waals surface area contributed by atoms with E-state index >= 15 is 0 Å². The van der Waals surface area contributed by atoms with Crippen LogP contribution in [0.15, 0.2) is 30.5 Å². The van der Waals surface area contributed by atoms with Crippen LogP contribution in [0.3, 0.4) is 0 Å². The van der Waals surface area contributed by atoms with Crippen molar-refractivity contribution in [1.29, 1.82) is 0 Å². The molecule has 1 aromatic carbocycles. The Morgan fingerprint density at radius 3 is 2.64 bits per heavy atom. The van der Waals surface area contributed by atoms with Gasteiger partial charge in [-0.1, -0.05) is 24.3 Å². The van der Waals surface area contributed by atoms with Crippen molar-refractivity contribution < 1.29 is 14.3 Å². The van der Waals surface area contributed by atoms with Gasteiger partial charge in [-0.15, -0.1) is 0 Å². The first-order valence-electron chi connectivity index (χ1n) is 8.64. The fourth-order valence-corrected chi connectivity index (χ4v) is 2.52. The van der Waals surface area contributed by atoms with Crippen LogP contribution in [-0.4, -0.2) is 34.6 Å². The number of benzene rings is 1. The number of esters is 1. The quantitative estimate of drug-likeness (QED) is 0.568. The molecule has 136 valence electrons. The van der Waals surface area contributed by atoms with E-state index in [2.05, 4.69) is 36.3 Å². The zero-order valence-electron chi connectivity index (χ0n) is 15.8. The molecule has 0 radical (unpaired) electrons. The van der Waals surface area contributed by atoms with Gasteiger partial charge in [0.1, 0.15) is 5.60 Å². The Morgan fingerprint density at radius 1 is 1.24 bits per heavy atom. The highest BCUT2D eigenvalue weighted by atomic mass is 16.6. The molecule has 0 N–H and O–H groups in total. The first-order valence-corrected chi connectivity index (χ1v) is 8.64. The van der Waals surface area contributed by atoms with Gasteiger partial charge in [0.25, 0.3) is 0 Å². The molecule has 25 heavy (non-hydrogen) atoms. The lowest BCUT2D eigenvalue weighted by Crippen LogP contribution is -2.24. The fraction of sp³-hybridized carbons (Fsp3) is 0.500. The van der Waals surface area contributed by atoms with Crippen molar-refractivity contribution in [2.75, 3.05) is 13.2 Å². The first-order chi connectivity index (χ1) is 11.8. The topological polar surface area (TPSA) is 53.4 Å². The van der Waals surface area contributed by atoms with E-state index in [0.717, 1.165) is 23.2 Å². The summed E-state index contributed by atoms with van der Waals surface area (Å²) in [6.07, 6.45) is 2.99. The number of nitrogens with zero attached hydrogens (tertiary/aromatic N) is 2. The second-order valence-electron chi connectivity index (χ2n) is 7.17. The number of rotatable bonds is 7. The summed E-state index contributed by atoms with van der Waals surface area (Å²) in [5.74, 6) is -0.221. The second-order valence-corrected chi connectivity index (χ2v) is 7.17. The Hall–Kier alpha value is -2.14. The number of hydrogen-bond donors (Lipinski definition) is 0. The van der Waals surface area contributed by atoms with E-state index in [4.69, 9.17) is 9.47 Å². The van der Waals surface area contributed by atoms with Crippen LogP contribution in [0.4, 0.5) is 0 Å². The SMILES string of the molecule is Cc1c(-c2cccc(CCOCCC(=O)OC(C)(C)C)c2)cnn1C. The Kier molecular flexibility index (Phi) is 6.37. The van der Waals surface area contributed by atoms with E-state index < -0.39 is 5.60 Å². The van der Waals surface area contributed by atoms with Gasteiger partial charge in [-0.25, -0.2) is 0 Å². The molecule has 0 spiro atoms. The molecule has 0 aliphatic rings. The average molecular weight is 344 g/mol. The summed E-state index contributed by atoms with van der Waals surface area (Å²) in [6.45, 7) is 8.62. The van der Waals surface area contributed by atoms with Crippen molar-refractivity contribution in [2.24, 2.45) is 7.05 Å². The summed E-state index contributed by atoms with van der Waals surface area (Å²) >= 11 is 0. The van der Waals surface area contributed by atoms with Crippen LogP contribution >= 0.6 is 0 Å². The van der Waals surface area contributed by atoms with Crippen LogP contribution in [-0.2, 0) is 27.7 Å². The van der Waals surface area contributed by atoms with Gasteiger partial charge in [0.2, 0.25) is 0 Å². The molecule has 1 heterocycles. The van der Waals surface area contributed by atoms with Crippen LogP contribution < -0.4 is 0 Å². The van der Waals surface area contributed by atoms with E-state index in [9.17, 15) is 4.79 Å². The minimum atomic E-state index is -0.443. The van der Waals surface area contributed by atoms with Gasteiger partial charge in [-0.2, -0.15) is 5.10 Å². The normalized spacial score (nSPS) is 11.6. The van der Waals surface area contributed by atoms with E-state index in [-0.39, 0.29) is 12.4 Å². The molecule has 0 fully saturated rings. The zero-order valence-corrected chi connectivity index (χ0v) is 15.8. The number of hydrogen-bond acceptors (Lipinski definition) is 4. The van der Waals surface area contributed by atoms with Crippen molar-refractivity contribution >= 4 is 5.97 Å². The predicted octanol–water partition coefficient (Wildman–Crippen LogP) is 3.69. The van der Waals surface area contributed by atoms with E-state index in [0.29, 0.717) is 13.2 Å². The van der Waals surface area contributed by atoms with E-state index in [1.54, 1.807) is 0 Å². The summed E-state index contributed by atoms with van der Waals surface area (Å²) in [5, 5.41) is 4.30. The Balaban J connectivity index is 1.79. The van der Waals surface area contributed by atoms with Gasteiger partial charge in [0.05, 0.1) is 25.8 Å². The highest BCUT2D eigenvalue weighted by Crippen LogP contribution is 2.23.